The van der Waals surface area contributed by atoms with Crippen LogP contribution in [0.25, 0.3) is 22.4 Å². The lowest BCUT2D eigenvalue weighted by Crippen LogP contribution is -2.09. The van der Waals surface area contributed by atoms with Crippen molar-refractivity contribution in [3.8, 4) is 11.5 Å². The second-order valence-corrected chi connectivity index (χ2v) is 4.48. The van der Waals surface area contributed by atoms with Crippen LogP contribution in [0.5, 0.6) is 0 Å². The number of para-hydroxylation sites is 1. The normalized spacial score (nSPS) is 12.4. The minimum atomic E-state index is -0.325. The van der Waals surface area contributed by atoms with Gasteiger partial charge < -0.3 is 10.3 Å². The van der Waals surface area contributed by atoms with Crippen molar-refractivity contribution in [2.45, 2.75) is 12.5 Å². The predicted octanol–water partition coefficient (Wildman–Crippen LogP) is 2.86. The van der Waals surface area contributed by atoms with Crippen molar-refractivity contribution in [2.75, 3.05) is 0 Å². The molecule has 2 heterocycles. The van der Waals surface area contributed by atoms with E-state index in [-0.39, 0.29) is 6.04 Å². The summed E-state index contributed by atoms with van der Waals surface area (Å²) in [5.74, 6) is 0.847. The van der Waals surface area contributed by atoms with Gasteiger partial charge in [-0.15, -0.1) is 6.58 Å². The number of nitrogens with zero attached hydrogens (tertiary/aromatic N) is 3. The Morgan fingerprint density at radius 3 is 2.90 bits per heavy atom. The first-order valence-electron chi connectivity index (χ1n) is 6.34. The van der Waals surface area contributed by atoms with E-state index in [2.05, 4.69) is 21.7 Å². The molecule has 2 N–H and O–H groups in total. The van der Waals surface area contributed by atoms with Crippen LogP contribution in [-0.2, 0) is 0 Å². The lowest BCUT2D eigenvalue weighted by Gasteiger charge is -2.00. The maximum Gasteiger partial charge on any atom is 0.244 e. The number of hydrogen-bond donors (Lipinski definition) is 1. The summed E-state index contributed by atoms with van der Waals surface area (Å²) >= 11 is 0. The zero-order chi connectivity index (χ0) is 13.9. The van der Waals surface area contributed by atoms with Gasteiger partial charge in [0.15, 0.2) is 0 Å². The summed E-state index contributed by atoms with van der Waals surface area (Å²) in [4.78, 5) is 8.81. The molecule has 1 atom stereocenters. The van der Waals surface area contributed by atoms with E-state index >= 15 is 0 Å². The fourth-order valence-corrected chi connectivity index (χ4v) is 1.96. The topological polar surface area (TPSA) is 77.8 Å². The number of benzene rings is 1. The van der Waals surface area contributed by atoms with Gasteiger partial charge in [0.1, 0.15) is 5.69 Å². The highest BCUT2D eigenvalue weighted by molar-refractivity contribution is 5.80. The molecule has 0 aliphatic carbocycles. The van der Waals surface area contributed by atoms with Gasteiger partial charge in [0.25, 0.3) is 0 Å². The monoisotopic (exact) mass is 266 g/mol. The van der Waals surface area contributed by atoms with Crippen LogP contribution in [0.3, 0.4) is 0 Å². The summed E-state index contributed by atoms with van der Waals surface area (Å²) in [6.07, 6.45) is 2.32. The SMILES string of the molecule is C=CCC(N)c1nc(-c2ccc3ccccc3n2)no1. The molecule has 3 rings (SSSR count). The van der Waals surface area contributed by atoms with Crippen molar-refractivity contribution in [2.24, 2.45) is 5.73 Å². The highest BCUT2D eigenvalue weighted by Gasteiger charge is 2.15. The second-order valence-electron chi connectivity index (χ2n) is 4.48. The minimum absolute atomic E-state index is 0.325. The Hall–Kier alpha value is -2.53. The quantitative estimate of drug-likeness (QED) is 0.735. The minimum Gasteiger partial charge on any atom is -0.337 e. The van der Waals surface area contributed by atoms with E-state index in [4.69, 9.17) is 10.3 Å². The molecule has 3 aromatic rings. The van der Waals surface area contributed by atoms with Gasteiger partial charge in [0.2, 0.25) is 11.7 Å². The molecular weight excluding hydrogens is 252 g/mol. The number of fused-ring (bicyclic) bond motifs is 1. The largest absolute Gasteiger partial charge is 0.337 e. The van der Waals surface area contributed by atoms with Crippen molar-refractivity contribution < 1.29 is 4.52 Å². The highest BCUT2D eigenvalue weighted by Crippen LogP contribution is 2.20. The molecule has 100 valence electrons. The van der Waals surface area contributed by atoms with Gasteiger partial charge in [-0.05, 0) is 18.6 Å². The second kappa shape index (κ2) is 5.22. The van der Waals surface area contributed by atoms with E-state index in [9.17, 15) is 0 Å². The summed E-state index contributed by atoms with van der Waals surface area (Å²) in [6, 6.07) is 11.4. The van der Waals surface area contributed by atoms with Crippen LogP contribution in [-0.4, -0.2) is 15.1 Å². The Bertz CT molecular complexity index is 750. The summed E-state index contributed by atoms with van der Waals surface area (Å²) in [6.45, 7) is 3.64. The van der Waals surface area contributed by atoms with Crippen molar-refractivity contribution in [1.29, 1.82) is 0 Å². The van der Waals surface area contributed by atoms with Gasteiger partial charge in [-0.3, -0.25) is 0 Å². The number of rotatable bonds is 4. The van der Waals surface area contributed by atoms with Crippen LogP contribution >= 0.6 is 0 Å². The fourth-order valence-electron chi connectivity index (χ4n) is 1.96. The molecule has 0 bridgehead atoms. The first-order valence-corrected chi connectivity index (χ1v) is 6.34. The zero-order valence-electron chi connectivity index (χ0n) is 10.9. The first-order chi connectivity index (χ1) is 9.78. The molecule has 1 aromatic carbocycles. The fraction of sp³-hybridized carbons (Fsp3) is 0.133. The van der Waals surface area contributed by atoms with Crippen LogP contribution in [0.1, 0.15) is 18.4 Å². The van der Waals surface area contributed by atoms with Crippen molar-refractivity contribution in [3.63, 3.8) is 0 Å². The van der Waals surface area contributed by atoms with Crippen LogP contribution in [0.4, 0.5) is 0 Å². The molecule has 2 aromatic heterocycles. The van der Waals surface area contributed by atoms with Gasteiger partial charge in [0, 0.05) is 5.39 Å². The van der Waals surface area contributed by atoms with Crippen LogP contribution < -0.4 is 5.73 Å². The summed E-state index contributed by atoms with van der Waals surface area (Å²) in [5, 5.41) is 5.01. The van der Waals surface area contributed by atoms with E-state index in [1.54, 1.807) is 6.08 Å². The van der Waals surface area contributed by atoms with E-state index in [1.807, 2.05) is 36.4 Å². The first kappa shape index (κ1) is 12.5. The molecule has 0 saturated carbocycles. The molecule has 5 heteroatoms. The van der Waals surface area contributed by atoms with Gasteiger partial charge in [-0.1, -0.05) is 35.5 Å². The molecule has 5 nitrogen and oxygen atoms in total. The molecule has 0 radical (unpaired) electrons. The average molecular weight is 266 g/mol. The lowest BCUT2D eigenvalue weighted by molar-refractivity contribution is 0.356. The number of hydrogen-bond acceptors (Lipinski definition) is 5. The molecule has 20 heavy (non-hydrogen) atoms. The molecule has 0 aliphatic rings. The van der Waals surface area contributed by atoms with E-state index in [0.29, 0.717) is 23.8 Å². The molecule has 0 saturated heterocycles. The molecule has 0 aliphatic heterocycles. The van der Waals surface area contributed by atoms with Gasteiger partial charge >= 0.3 is 0 Å². The Labute approximate surface area is 116 Å². The number of aromatic nitrogens is 3. The molecule has 0 fully saturated rings. The van der Waals surface area contributed by atoms with Crippen LogP contribution in [0, 0.1) is 0 Å². The standard InChI is InChI=1S/C15H14N4O/c1-2-5-11(16)15-18-14(19-20-15)13-9-8-10-6-3-4-7-12(10)17-13/h2-4,6-9,11H,1,5,16H2. The van der Waals surface area contributed by atoms with E-state index in [0.717, 1.165) is 10.9 Å². The number of pyridine rings is 1. The van der Waals surface area contributed by atoms with Crippen molar-refractivity contribution in [1.82, 2.24) is 15.1 Å². The summed E-state index contributed by atoms with van der Waals surface area (Å²) < 4.78 is 5.17. The van der Waals surface area contributed by atoms with Crippen LogP contribution in [0.2, 0.25) is 0 Å². The maximum atomic E-state index is 5.90. The predicted molar refractivity (Wildman–Crippen MR) is 76.8 cm³/mol. The molecule has 1 unspecified atom stereocenters. The Morgan fingerprint density at radius 1 is 1.20 bits per heavy atom. The third-order valence-corrected chi connectivity index (χ3v) is 3.01. The third kappa shape index (κ3) is 2.31. The third-order valence-electron chi connectivity index (χ3n) is 3.01. The van der Waals surface area contributed by atoms with Gasteiger partial charge in [-0.2, -0.15) is 4.98 Å². The summed E-state index contributed by atoms with van der Waals surface area (Å²) in [5.41, 5.74) is 7.47. The average Bonchev–Trinajstić information content (AvgIpc) is 2.97. The van der Waals surface area contributed by atoms with Crippen LogP contribution in [0.15, 0.2) is 53.6 Å². The molecular formula is C15H14N4O. The van der Waals surface area contributed by atoms with E-state index < -0.39 is 0 Å². The molecule has 0 amide bonds. The summed E-state index contributed by atoms with van der Waals surface area (Å²) in [7, 11) is 0. The van der Waals surface area contributed by atoms with Gasteiger partial charge in [0.05, 0.1) is 11.6 Å². The lowest BCUT2D eigenvalue weighted by atomic mass is 10.2. The van der Waals surface area contributed by atoms with E-state index in [1.165, 1.54) is 0 Å². The Morgan fingerprint density at radius 2 is 2.05 bits per heavy atom. The zero-order valence-corrected chi connectivity index (χ0v) is 10.9. The molecule has 0 spiro atoms. The van der Waals surface area contributed by atoms with Crippen molar-refractivity contribution in [3.05, 3.63) is 54.9 Å². The Balaban J connectivity index is 1.96. The maximum absolute atomic E-state index is 5.90. The smallest absolute Gasteiger partial charge is 0.244 e. The number of nitrogens with two attached hydrogens (primary N) is 1. The van der Waals surface area contributed by atoms with Gasteiger partial charge in [-0.25, -0.2) is 4.98 Å². The van der Waals surface area contributed by atoms with Crippen molar-refractivity contribution >= 4 is 10.9 Å². The Kier molecular flexibility index (Phi) is 3.26. The highest BCUT2D eigenvalue weighted by atomic mass is 16.5.